The molecule has 0 atom stereocenters. The molecule has 2 aromatic heterocycles. The molecule has 1 aromatic carbocycles. The van der Waals surface area contributed by atoms with Crippen molar-refractivity contribution in [2.75, 3.05) is 7.11 Å². The molecule has 0 aliphatic carbocycles. The van der Waals surface area contributed by atoms with Crippen molar-refractivity contribution in [1.82, 2.24) is 9.55 Å². The van der Waals surface area contributed by atoms with Crippen LogP contribution in [0.15, 0.2) is 50.5 Å². The normalized spacial score (nSPS) is 10.8. The van der Waals surface area contributed by atoms with Gasteiger partial charge in [-0.1, -0.05) is 12.1 Å². The fourth-order valence-corrected chi connectivity index (χ4v) is 2.13. The lowest BCUT2D eigenvalue weighted by Gasteiger charge is -2.08. The van der Waals surface area contributed by atoms with E-state index in [0.717, 1.165) is 17.8 Å². The zero-order chi connectivity index (χ0) is 15.7. The Morgan fingerprint density at radius 3 is 2.68 bits per heavy atom. The van der Waals surface area contributed by atoms with E-state index in [2.05, 4.69) is 9.40 Å². The number of methoxy groups -OCH3 is 1. The van der Waals surface area contributed by atoms with Gasteiger partial charge in [-0.15, -0.1) is 0 Å². The lowest BCUT2D eigenvalue weighted by Crippen LogP contribution is -2.26. The summed E-state index contributed by atoms with van der Waals surface area (Å²) in [4.78, 5) is 27.4. The minimum Gasteiger partial charge on any atom is -0.497 e. The number of benzene rings is 1. The van der Waals surface area contributed by atoms with Crippen LogP contribution in [-0.4, -0.2) is 16.7 Å². The van der Waals surface area contributed by atoms with Crippen molar-refractivity contribution in [3.05, 3.63) is 68.9 Å². The van der Waals surface area contributed by atoms with Crippen LogP contribution in [0.2, 0.25) is 0 Å². The van der Waals surface area contributed by atoms with Crippen LogP contribution in [0.3, 0.4) is 0 Å². The fraction of sp³-hybridized carbons (Fsp3) is 0.133. The average molecular weight is 302 g/mol. The van der Waals surface area contributed by atoms with Gasteiger partial charge in [0.25, 0.3) is 0 Å². The molecular weight excluding hydrogens is 291 g/mol. The standard InChI is InChI=1S/C15H11FN2O4/c1-21-11-4-2-9(3-5-11)8-18-13-12(6-10(16)7-17-13)14(19)22-15(18)20/h2-7H,8H2,1H3. The first-order chi connectivity index (χ1) is 10.6. The van der Waals surface area contributed by atoms with Crippen molar-refractivity contribution in [1.29, 1.82) is 0 Å². The molecule has 0 saturated heterocycles. The third kappa shape index (κ3) is 2.48. The predicted octanol–water partition coefficient (Wildman–Crippen LogP) is 1.55. The first kappa shape index (κ1) is 14.0. The highest BCUT2D eigenvalue weighted by Gasteiger charge is 2.12. The number of rotatable bonds is 3. The summed E-state index contributed by atoms with van der Waals surface area (Å²) >= 11 is 0. The molecule has 0 spiro atoms. The molecule has 0 unspecified atom stereocenters. The number of fused-ring (bicyclic) bond motifs is 1. The van der Waals surface area contributed by atoms with E-state index in [0.29, 0.717) is 5.75 Å². The van der Waals surface area contributed by atoms with Crippen LogP contribution in [0.1, 0.15) is 5.56 Å². The summed E-state index contributed by atoms with van der Waals surface area (Å²) in [5.41, 5.74) is -0.0411. The van der Waals surface area contributed by atoms with Gasteiger partial charge in [0.05, 0.1) is 19.9 Å². The molecule has 112 valence electrons. The van der Waals surface area contributed by atoms with Crippen LogP contribution < -0.4 is 16.1 Å². The first-order valence-electron chi connectivity index (χ1n) is 6.40. The second-order valence-corrected chi connectivity index (χ2v) is 4.61. The van der Waals surface area contributed by atoms with E-state index in [1.807, 2.05) is 0 Å². The topological polar surface area (TPSA) is 74.3 Å². The van der Waals surface area contributed by atoms with E-state index in [9.17, 15) is 14.0 Å². The molecular formula is C15H11FN2O4. The molecule has 7 heteroatoms. The summed E-state index contributed by atoms with van der Waals surface area (Å²) in [6.45, 7) is 0.141. The molecule has 0 N–H and O–H groups in total. The number of hydrogen-bond acceptors (Lipinski definition) is 5. The van der Waals surface area contributed by atoms with Gasteiger partial charge in [-0.3, -0.25) is 4.57 Å². The van der Waals surface area contributed by atoms with Gasteiger partial charge in [0.2, 0.25) is 0 Å². The third-order valence-electron chi connectivity index (χ3n) is 3.21. The quantitative estimate of drug-likeness (QED) is 0.734. The van der Waals surface area contributed by atoms with E-state index in [1.54, 1.807) is 31.4 Å². The van der Waals surface area contributed by atoms with Gasteiger partial charge >= 0.3 is 11.4 Å². The minimum absolute atomic E-state index is 0.0758. The Labute approximate surface area is 123 Å². The maximum absolute atomic E-state index is 13.2. The van der Waals surface area contributed by atoms with Crippen molar-refractivity contribution in [2.24, 2.45) is 0 Å². The van der Waals surface area contributed by atoms with Crippen molar-refractivity contribution in [2.45, 2.75) is 6.54 Å². The highest BCUT2D eigenvalue weighted by Crippen LogP contribution is 2.13. The highest BCUT2D eigenvalue weighted by atomic mass is 19.1. The van der Waals surface area contributed by atoms with Crippen LogP contribution in [-0.2, 0) is 6.54 Å². The number of hydrogen-bond donors (Lipinski definition) is 0. The maximum atomic E-state index is 13.2. The Bertz CT molecular complexity index is 944. The molecule has 0 amide bonds. The molecule has 3 rings (SSSR count). The monoisotopic (exact) mass is 302 g/mol. The van der Waals surface area contributed by atoms with E-state index in [1.165, 1.54) is 4.57 Å². The predicted molar refractivity (Wildman–Crippen MR) is 76.6 cm³/mol. The molecule has 3 aromatic rings. The van der Waals surface area contributed by atoms with Crippen LogP contribution >= 0.6 is 0 Å². The Morgan fingerprint density at radius 1 is 1.27 bits per heavy atom. The summed E-state index contributed by atoms with van der Waals surface area (Å²) in [6, 6.07) is 8.03. The molecule has 22 heavy (non-hydrogen) atoms. The number of nitrogens with zero attached hydrogens (tertiary/aromatic N) is 2. The van der Waals surface area contributed by atoms with Gasteiger partial charge < -0.3 is 9.15 Å². The van der Waals surface area contributed by atoms with Gasteiger partial charge in [-0.2, -0.15) is 0 Å². The molecule has 0 saturated carbocycles. The lowest BCUT2D eigenvalue weighted by molar-refractivity contribution is 0.414. The second kappa shape index (κ2) is 5.44. The van der Waals surface area contributed by atoms with Crippen LogP contribution in [0.25, 0.3) is 11.0 Å². The molecule has 0 radical (unpaired) electrons. The summed E-state index contributed by atoms with van der Waals surface area (Å²) in [5.74, 6) is -0.831. The van der Waals surface area contributed by atoms with Gasteiger partial charge in [-0.05, 0) is 23.8 Å². The zero-order valence-electron chi connectivity index (χ0n) is 11.6. The van der Waals surface area contributed by atoms with Crippen molar-refractivity contribution in [3.8, 4) is 5.75 Å². The van der Waals surface area contributed by atoms with Crippen LogP contribution in [0, 0.1) is 5.82 Å². The number of halogens is 1. The number of aromatic nitrogens is 2. The van der Waals surface area contributed by atoms with E-state index < -0.39 is 17.2 Å². The molecule has 2 heterocycles. The van der Waals surface area contributed by atoms with E-state index >= 15 is 0 Å². The van der Waals surface area contributed by atoms with E-state index in [-0.39, 0.29) is 17.6 Å². The highest BCUT2D eigenvalue weighted by molar-refractivity contribution is 5.73. The summed E-state index contributed by atoms with van der Waals surface area (Å²) in [6.07, 6.45) is 0.950. The maximum Gasteiger partial charge on any atom is 0.423 e. The Morgan fingerprint density at radius 2 is 2.00 bits per heavy atom. The molecule has 6 nitrogen and oxygen atoms in total. The Hall–Kier alpha value is -2.96. The van der Waals surface area contributed by atoms with Crippen molar-refractivity contribution < 1.29 is 13.5 Å². The van der Waals surface area contributed by atoms with Gasteiger partial charge in [-0.25, -0.2) is 19.0 Å². The fourth-order valence-electron chi connectivity index (χ4n) is 2.13. The lowest BCUT2D eigenvalue weighted by atomic mass is 10.2. The second-order valence-electron chi connectivity index (χ2n) is 4.61. The number of pyridine rings is 1. The molecule has 0 bridgehead atoms. The first-order valence-corrected chi connectivity index (χ1v) is 6.40. The largest absolute Gasteiger partial charge is 0.497 e. The number of ether oxygens (including phenoxy) is 1. The Kier molecular flexibility index (Phi) is 3.46. The Balaban J connectivity index is 2.13. The smallest absolute Gasteiger partial charge is 0.423 e. The molecule has 0 aliphatic heterocycles. The SMILES string of the molecule is COc1ccc(Cn2c(=O)oc(=O)c3cc(F)cnc32)cc1. The average Bonchev–Trinajstić information content (AvgIpc) is 2.52. The molecule has 0 fully saturated rings. The summed E-state index contributed by atoms with van der Waals surface area (Å²) in [5, 5.41) is -0.0758. The third-order valence-corrected chi connectivity index (χ3v) is 3.21. The van der Waals surface area contributed by atoms with Crippen molar-refractivity contribution in [3.63, 3.8) is 0 Å². The van der Waals surface area contributed by atoms with Crippen LogP contribution in [0.5, 0.6) is 5.75 Å². The van der Waals surface area contributed by atoms with Gasteiger partial charge in [0.15, 0.2) is 5.65 Å². The summed E-state index contributed by atoms with van der Waals surface area (Å²) in [7, 11) is 1.55. The molecule has 0 aliphatic rings. The van der Waals surface area contributed by atoms with Crippen molar-refractivity contribution >= 4 is 11.0 Å². The van der Waals surface area contributed by atoms with Gasteiger partial charge in [0.1, 0.15) is 17.0 Å². The minimum atomic E-state index is -0.905. The van der Waals surface area contributed by atoms with Crippen LogP contribution in [0.4, 0.5) is 4.39 Å². The van der Waals surface area contributed by atoms with Gasteiger partial charge in [0, 0.05) is 0 Å². The summed E-state index contributed by atoms with van der Waals surface area (Å²) < 4.78 is 24.1. The van der Waals surface area contributed by atoms with E-state index in [4.69, 9.17) is 4.74 Å². The zero-order valence-corrected chi connectivity index (χ0v) is 11.6.